The normalized spacial score (nSPS) is 35.7. The SMILES string of the molecule is CC(C)C(=O)N1CCCC2CC21CN. The molecular formula is C11H20N2O. The standard InChI is InChI=1S/C11H20N2O/c1-8(2)10(14)13-5-3-4-9-6-11(9,13)7-12/h8-9H,3-7,12H2,1-2H3. The number of hydrogen-bond donors (Lipinski definition) is 1. The second-order valence-electron chi connectivity index (χ2n) is 5.00. The number of carbonyl (C=O) groups is 1. The number of rotatable bonds is 2. The van der Waals surface area contributed by atoms with Crippen LogP contribution in [0.5, 0.6) is 0 Å². The quantitative estimate of drug-likeness (QED) is 0.715. The zero-order valence-electron chi connectivity index (χ0n) is 9.12. The number of nitrogens with two attached hydrogens (primary N) is 1. The summed E-state index contributed by atoms with van der Waals surface area (Å²) in [4.78, 5) is 14.0. The fourth-order valence-electron chi connectivity index (χ4n) is 2.79. The van der Waals surface area contributed by atoms with E-state index >= 15 is 0 Å². The summed E-state index contributed by atoms with van der Waals surface area (Å²) in [5.74, 6) is 1.10. The Hall–Kier alpha value is -0.570. The Morgan fingerprint density at radius 1 is 1.64 bits per heavy atom. The van der Waals surface area contributed by atoms with Gasteiger partial charge in [-0.2, -0.15) is 0 Å². The van der Waals surface area contributed by atoms with E-state index in [4.69, 9.17) is 5.73 Å². The highest BCUT2D eigenvalue weighted by Gasteiger charge is 2.59. The summed E-state index contributed by atoms with van der Waals surface area (Å²) in [6.45, 7) is 5.51. The van der Waals surface area contributed by atoms with E-state index in [0.717, 1.165) is 19.4 Å². The van der Waals surface area contributed by atoms with Gasteiger partial charge in [0.05, 0.1) is 5.54 Å². The summed E-state index contributed by atoms with van der Waals surface area (Å²) in [6, 6.07) is 0. The Morgan fingerprint density at radius 3 is 2.93 bits per heavy atom. The van der Waals surface area contributed by atoms with Crippen molar-refractivity contribution in [2.45, 2.75) is 38.6 Å². The molecule has 0 aromatic rings. The van der Waals surface area contributed by atoms with Crippen molar-refractivity contribution in [3.05, 3.63) is 0 Å². The second-order valence-corrected chi connectivity index (χ2v) is 5.00. The number of fused-ring (bicyclic) bond motifs is 1. The molecule has 2 atom stereocenters. The molecule has 0 bridgehead atoms. The molecule has 0 radical (unpaired) electrons. The molecule has 1 aliphatic carbocycles. The first kappa shape index (κ1) is 9.97. The minimum atomic E-state index is 0.0691. The summed E-state index contributed by atoms with van der Waals surface area (Å²) in [7, 11) is 0. The fourth-order valence-corrected chi connectivity index (χ4v) is 2.79. The van der Waals surface area contributed by atoms with Gasteiger partial charge < -0.3 is 10.6 Å². The van der Waals surface area contributed by atoms with Crippen LogP contribution in [0.2, 0.25) is 0 Å². The second kappa shape index (κ2) is 3.23. The predicted molar refractivity (Wildman–Crippen MR) is 55.7 cm³/mol. The van der Waals surface area contributed by atoms with Crippen LogP contribution < -0.4 is 5.73 Å². The van der Waals surface area contributed by atoms with Crippen molar-refractivity contribution in [3.63, 3.8) is 0 Å². The van der Waals surface area contributed by atoms with Crippen molar-refractivity contribution in [2.75, 3.05) is 13.1 Å². The number of carbonyl (C=O) groups excluding carboxylic acids is 1. The lowest BCUT2D eigenvalue weighted by atomic mass is 10.00. The third kappa shape index (κ3) is 1.26. The largest absolute Gasteiger partial charge is 0.335 e. The van der Waals surface area contributed by atoms with Crippen molar-refractivity contribution < 1.29 is 4.79 Å². The van der Waals surface area contributed by atoms with Crippen LogP contribution in [0, 0.1) is 11.8 Å². The summed E-state index contributed by atoms with van der Waals surface area (Å²) in [5, 5.41) is 0. The maximum absolute atomic E-state index is 12.0. The van der Waals surface area contributed by atoms with Crippen LogP contribution in [-0.2, 0) is 4.79 Å². The molecule has 14 heavy (non-hydrogen) atoms. The molecule has 2 fully saturated rings. The zero-order chi connectivity index (χ0) is 10.3. The molecule has 3 heteroatoms. The maximum Gasteiger partial charge on any atom is 0.225 e. The van der Waals surface area contributed by atoms with Crippen LogP contribution in [0.1, 0.15) is 33.1 Å². The molecule has 2 aliphatic rings. The van der Waals surface area contributed by atoms with Crippen LogP contribution in [0.15, 0.2) is 0 Å². The first-order chi connectivity index (χ1) is 6.62. The lowest BCUT2D eigenvalue weighted by Crippen LogP contribution is -2.51. The number of amides is 1. The minimum absolute atomic E-state index is 0.0691. The number of likely N-dealkylation sites (tertiary alicyclic amines) is 1. The van der Waals surface area contributed by atoms with Crippen molar-refractivity contribution in [1.29, 1.82) is 0 Å². The highest BCUT2D eigenvalue weighted by molar-refractivity contribution is 5.79. The molecule has 2 unspecified atom stereocenters. The molecule has 1 heterocycles. The molecule has 1 amide bonds. The highest BCUT2D eigenvalue weighted by Crippen LogP contribution is 2.53. The smallest absolute Gasteiger partial charge is 0.225 e. The highest BCUT2D eigenvalue weighted by atomic mass is 16.2. The minimum Gasteiger partial charge on any atom is -0.335 e. The van der Waals surface area contributed by atoms with Gasteiger partial charge in [0.2, 0.25) is 5.91 Å². The van der Waals surface area contributed by atoms with Gasteiger partial charge in [0.15, 0.2) is 0 Å². The summed E-state index contributed by atoms with van der Waals surface area (Å²) in [6.07, 6.45) is 3.56. The van der Waals surface area contributed by atoms with Gasteiger partial charge in [-0.1, -0.05) is 13.8 Å². The molecule has 3 nitrogen and oxygen atoms in total. The lowest BCUT2D eigenvalue weighted by molar-refractivity contribution is -0.139. The Kier molecular flexibility index (Phi) is 2.30. The summed E-state index contributed by atoms with van der Waals surface area (Å²) < 4.78 is 0. The van der Waals surface area contributed by atoms with Gasteiger partial charge in [-0.25, -0.2) is 0 Å². The van der Waals surface area contributed by atoms with Gasteiger partial charge in [0.1, 0.15) is 0 Å². The molecule has 2 rings (SSSR count). The number of hydrogen-bond acceptors (Lipinski definition) is 2. The molecule has 0 aromatic heterocycles. The van der Waals surface area contributed by atoms with Gasteiger partial charge in [0, 0.05) is 19.0 Å². The van der Waals surface area contributed by atoms with Gasteiger partial charge in [0.25, 0.3) is 0 Å². The molecule has 0 aromatic carbocycles. The van der Waals surface area contributed by atoms with E-state index in [-0.39, 0.29) is 17.4 Å². The molecule has 0 spiro atoms. The van der Waals surface area contributed by atoms with Gasteiger partial charge in [-0.3, -0.25) is 4.79 Å². The Bertz CT molecular complexity index is 252. The third-order valence-corrected chi connectivity index (χ3v) is 3.78. The Balaban J connectivity index is 2.13. The lowest BCUT2D eigenvalue weighted by Gasteiger charge is -2.37. The van der Waals surface area contributed by atoms with Crippen LogP contribution >= 0.6 is 0 Å². The topological polar surface area (TPSA) is 46.3 Å². The van der Waals surface area contributed by atoms with E-state index in [9.17, 15) is 4.79 Å². The van der Waals surface area contributed by atoms with Crippen molar-refractivity contribution in [2.24, 2.45) is 17.6 Å². The van der Waals surface area contributed by atoms with Crippen LogP contribution in [0.25, 0.3) is 0 Å². The maximum atomic E-state index is 12.0. The molecule has 1 saturated carbocycles. The first-order valence-corrected chi connectivity index (χ1v) is 5.63. The molecule has 80 valence electrons. The average molecular weight is 196 g/mol. The summed E-state index contributed by atoms with van der Waals surface area (Å²) in [5.41, 5.74) is 5.88. The number of piperidine rings is 1. The van der Waals surface area contributed by atoms with Gasteiger partial charge >= 0.3 is 0 Å². The molecule has 2 N–H and O–H groups in total. The van der Waals surface area contributed by atoms with Crippen molar-refractivity contribution in [1.82, 2.24) is 4.90 Å². The third-order valence-electron chi connectivity index (χ3n) is 3.78. The van der Waals surface area contributed by atoms with Gasteiger partial charge in [-0.15, -0.1) is 0 Å². The molecule has 1 saturated heterocycles. The van der Waals surface area contributed by atoms with E-state index < -0.39 is 0 Å². The predicted octanol–water partition coefficient (Wildman–Crippen LogP) is 0.982. The van der Waals surface area contributed by atoms with Gasteiger partial charge in [-0.05, 0) is 25.2 Å². The summed E-state index contributed by atoms with van der Waals surface area (Å²) >= 11 is 0. The average Bonchev–Trinajstić information content (AvgIpc) is 2.90. The van der Waals surface area contributed by atoms with Crippen molar-refractivity contribution >= 4 is 5.91 Å². The monoisotopic (exact) mass is 196 g/mol. The van der Waals surface area contributed by atoms with Crippen LogP contribution in [0.3, 0.4) is 0 Å². The molecule has 1 aliphatic heterocycles. The Labute approximate surface area is 85.6 Å². The van der Waals surface area contributed by atoms with E-state index in [2.05, 4.69) is 4.90 Å². The van der Waals surface area contributed by atoms with Crippen LogP contribution in [0.4, 0.5) is 0 Å². The zero-order valence-corrected chi connectivity index (χ0v) is 9.12. The number of nitrogens with zero attached hydrogens (tertiary/aromatic N) is 1. The van der Waals surface area contributed by atoms with Crippen LogP contribution in [-0.4, -0.2) is 29.4 Å². The van der Waals surface area contributed by atoms with E-state index in [1.54, 1.807) is 0 Å². The van der Waals surface area contributed by atoms with Crippen molar-refractivity contribution in [3.8, 4) is 0 Å². The van der Waals surface area contributed by atoms with E-state index in [1.807, 2.05) is 13.8 Å². The fraction of sp³-hybridized carbons (Fsp3) is 0.909. The first-order valence-electron chi connectivity index (χ1n) is 5.63. The Morgan fingerprint density at radius 2 is 2.36 bits per heavy atom. The molecular weight excluding hydrogens is 176 g/mol. The van der Waals surface area contributed by atoms with E-state index in [0.29, 0.717) is 12.5 Å². The van der Waals surface area contributed by atoms with E-state index in [1.165, 1.54) is 6.42 Å².